The van der Waals surface area contributed by atoms with Crippen LogP contribution in [0.1, 0.15) is 17.5 Å². The molecule has 144 valence electrons. The third-order valence-corrected chi connectivity index (χ3v) is 3.94. The summed E-state index contributed by atoms with van der Waals surface area (Å²) < 4.78 is 32.3. The second-order valence-electron chi connectivity index (χ2n) is 5.85. The number of phenolic OH excluding ortho intramolecular Hbond substituents is 1. The Hall–Kier alpha value is -3.16. The van der Waals surface area contributed by atoms with Crippen molar-refractivity contribution in [3.63, 3.8) is 0 Å². The first-order valence-electron chi connectivity index (χ1n) is 8.10. The highest BCUT2D eigenvalue weighted by molar-refractivity contribution is 5.79. The molecule has 2 aromatic carbocycles. The summed E-state index contributed by atoms with van der Waals surface area (Å²) in [4.78, 5) is 24.6. The molecule has 0 aliphatic carbocycles. The molecule has 6 nitrogen and oxygen atoms in total. The van der Waals surface area contributed by atoms with E-state index in [0.717, 1.165) is 11.0 Å². The zero-order valence-corrected chi connectivity index (χ0v) is 14.6. The number of carboxylic acid groups (broad SMARTS) is 1. The van der Waals surface area contributed by atoms with Crippen LogP contribution < -0.4 is 4.74 Å². The molecule has 1 amide bonds. The van der Waals surface area contributed by atoms with Gasteiger partial charge < -0.3 is 19.8 Å². The average Bonchev–Trinajstić information content (AvgIpc) is 2.63. The highest BCUT2D eigenvalue weighted by Crippen LogP contribution is 2.26. The van der Waals surface area contributed by atoms with E-state index in [2.05, 4.69) is 0 Å². The van der Waals surface area contributed by atoms with Gasteiger partial charge in [-0.25, -0.2) is 8.78 Å². The van der Waals surface area contributed by atoms with Crippen LogP contribution in [0.5, 0.6) is 11.5 Å². The van der Waals surface area contributed by atoms with E-state index in [0.29, 0.717) is 5.56 Å². The number of halogens is 2. The summed E-state index contributed by atoms with van der Waals surface area (Å²) in [7, 11) is 1.37. The van der Waals surface area contributed by atoms with Crippen molar-refractivity contribution in [3.8, 4) is 11.5 Å². The van der Waals surface area contributed by atoms with E-state index in [1.807, 2.05) is 0 Å². The maximum absolute atomic E-state index is 13.9. The number of carbonyl (C=O) groups is 2. The molecule has 0 aromatic heterocycles. The topological polar surface area (TPSA) is 87.1 Å². The van der Waals surface area contributed by atoms with Gasteiger partial charge in [-0.3, -0.25) is 9.59 Å². The van der Waals surface area contributed by atoms with Gasteiger partial charge in [-0.05, 0) is 23.8 Å². The lowest BCUT2D eigenvalue weighted by Crippen LogP contribution is -2.34. The molecule has 2 rings (SSSR count). The highest BCUT2D eigenvalue weighted by atomic mass is 19.2. The smallest absolute Gasteiger partial charge is 0.305 e. The molecule has 0 aliphatic rings. The molecule has 8 heteroatoms. The Morgan fingerprint density at radius 3 is 2.59 bits per heavy atom. The fourth-order valence-corrected chi connectivity index (χ4v) is 2.52. The van der Waals surface area contributed by atoms with Crippen molar-refractivity contribution in [3.05, 3.63) is 59.2 Å². The number of hydrogen-bond donors (Lipinski definition) is 2. The summed E-state index contributed by atoms with van der Waals surface area (Å²) in [5.74, 6) is -3.59. The van der Waals surface area contributed by atoms with E-state index in [-0.39, 0.29) is 43.0 Å². The number of phenols is 1. The van der Waals surface area contributed by atoms with Crippen LogP contribution in [-0.2, 0) is 22.6 Å². The lowest BCUT2D eigenvalue weighted by molar-refractivity contribution is -0.138. The number of amides is 1. The quantitative estimate of drug-likeness (QED) is 0.737. The number of carboxylic acids is 1. The first-order chi connectivity index (χ1) is 12.8. The molecule has 2 N–H and O–H groups in total. The minimum atomic E-state index is -1.11. The molecule has 0 spiro atoms. The Morgan fingerprint density at radius 2 is 1.93 bits per heavy atom. The molecular weight excluding hydrogens is 360 g/mol. The molecule has 27 heavy (non-hydrogen) atoms. The molecule has 0 heterocycles. The van der Waals surface area contributed by atoms with Crippen LogP contribution in [0, 0.1) is 11.6 Å². The minimum Gasteiger partial charge on any atom is -0.504 e. The van der Waals surface area contributed by atoms with Gasteiger partial charge in [0.25, 0.3) is 0 Å². The van der Waals surface area contributed by atoms with Crippen LogP contribution in [-0.4, -0.2) is 40.6 Å². The van der Waals surface area contributed by atoms with Gasteiger partial charge in [0.1, 0.15) is 0 Å². The minimum absolute atomic E-state index is 0.0444. The van der Waals surface area contributed by atoms with Crippen LogP contribution in [0.2, 0.25) is 0 Å². The predicted octanol–water partition coefficient (Wildman–Crippen LogP) is 2.73. The van der Waals surface area contributed by atoms with Gasteiger partial charge in [0, 0.05) is 18.7 Å². The lowest BCUT2D eigenvalue weighted by atomic mass is 10.1. The van der Waals surface area contributed by atoms with Crippen molar-refractivity contribution in [1.29, 1.82) is 0 Å². The zero-order valence-electron chi connectivity index (χ0n) is 14.6. The molecule has 2 aromatic rings. The summed E-state index contributed by atoms with van der Waals surface area (Å²) in [6, 6.07) is 7.99. The van der Waals surface area contributed by atoms with Crippen molar-refractivity contribution >= 4 is 11.9 Å². The zero-order chi connectivity index (χ0) is 20.0. The molecular formula is C19H19F2NO5. The van der Waals surface area contributed by atoms with Crippen molar-refractivity contribution < 1.29 is 33.3 Å². The normalized spacial score (nSPS) is 10.5. The Kier molecular flexibility index (Phi) is 6.70. The standard InChI is InChI=1S/C19H19F2NO5/c1-27-16-9-12(5-6-15(16)23)10-17(24)22(8-7-18(25)26)11-13-3-2-4-14(20)19(13)21/h2-6,9,23H,7-8,10-11H2,1H3,(H,25,26). The number of hydrogen-bond acceptors (Lipinski definition) is 4. The van der Waals surface area contributed by atoms with E-state index in [1.165, 1.54) is 37.4 Å². The number of rotatable bonds is 8. The Balaban J connectivity index is 2.20. The van der Waals surface area contributed by atoms with Gasteiger partial charge in [-0.15, -0.1) is 0 Å². The molecule has 0 saturated heterocycles. The van der Waals surface area contributed by atoms with Gasteiger partial charge in [-0.1, -0.05) is 18.2 Å². The molecule has 0 unspecified atom stereocenters. The monoisotopic (exact) mass is 379 g/mol. The summed E-state index contributed by atoms with van der Waals surface area (Å²) in [6.45, 7) is -0.412. The Labute approximate surface area is 154 Å². The number of aromatic hydroxyl groups is 1. The summed E-state index contributed by atoms with van der Waals surface area (Å²) in [5.41, 5.74) is 0.478. The number of carbonyl (C=O) groups excluding carboxylic acids is 1. The Bertz CT molecular complexity index is 841. The summed E-state index contributed by atoms with van der Waals surface area (Å²) >= 11 is 0. The van der Waals surface area contributed by atoms with Crippen LogP contribution in [0.3, 0.4) is 0 Å². The van der Waals surface area contributed by atoms with Crippen molar-refractivity contribution in [1.82, 2.24) is 4.90 Å². The maximum Gasteiger partial charge on any atom is 0.305 e. The molecule has 0 radical (unpaired) electrons. The first-order valence-corrected chi connectivity index (χ1v) is 8.10. The second-order valence-corrected chi connectivity index (χ2v) is 5.85. The van der Waals surface area contributed by atoms with Gasteiger partial charge in [0.2, 0.25) is 5.91 Å². The van der Waals surface area contributed by atoms with E-state index < -0.39 is 23.5 Å². The maximum atomic E-state index is 13.9. The van der Waals surface area contributed by atoms with E-state index in [9.17, 15) is 23.5 Å². The molecule has 0 fully saturated rings. The highest BCUT2D eigenvalue weighted by Gasteiger charge is 2.19. The van der Waals surface area contributed by atoms with Crippen molar-refractivity contribution in [2.24, 2.45) is 0 Å². The van der Waals surface area contributed by atoms with Crippen LogP contribution in [0.4, 0.5) is 8.78 Å². The van der Waals surface area contributed by atoms with Gasteiger partial charge in [0.05, 0.1) is 20.0 Å². The van der Waals surface area contributed by atoms with E-state index in [4.69, 9.17) is 9.84 Å². The van der Waals surface area contributed by atoms with E-state index in [1.54, 1.807) is 0 Å². The Morgan fingerprint density at radius 1 is 1.19 bits per heavy atom. The molecule has 0 aliphatic heterocycles. The van der Waals surface area contributed by atoms with Gasteiger partial charge in [0.15, 0.2) is 23.1 Å². The first kappa shape index (κ1) is 20.2. The molecule has 0 bridgehead atoms. The third kappa shape index (κ3) is 5.40. The second kappa shape index (κ2) is 8.98. The molecule has 0 saturated carbocycles. The number of methoxy groups -OCH3 is 1. The van der Waals surface area contributed by atoms with Gasteiger partial charge >= 0.3 is 5.97 Å². The fourth-order valence-electron chi connectivity index (χ4n) is 2.52. The average molecular weight is 379 g/mol. The van der Waals surface area contributed by atoms with Crippen LogP contribution >= 0.6 is 0 Å². The fraction of sp³-hybridized carbons (Fsp3) is 0.263. The summed E-state index contributed by atoms with van der Waals surface area (Å²) in [6.07, 6.45) is -0.450. The van der Waals surface area contributed by atoms with Gasteiger partial charge in [-0.2, -0.15) is 0 Å². The number of nitrogens with zero attached hydrogens (tertiary/aromatic N) is 1. The molecule has 0 atom stereocenters. The van der Waals surface area contributed by atoms with Crippen molar-refractivity contribution in [2.75, 3.05) is 13.7 Å². The number of ether oxygens (including phenoxy) is 1. The van der Waals surface area contributed by atoms with Crippen molar-refractivity contribution in [2.45, 2.75) is 19.4 Å². The van der Waals surface area contributed by atoms with Crippen LogP contribution in [0.15, 0.2) is 36.4 Å². The lowest BCUT2D eigenvalue weighted by Gasteiger charge is -2.23. The number of aliphatic carboxylic acids is 1. The SMILES string of the molecule is COc1cc(CC(=O)N(CCC(=O)O)Cc2cccc(F)c2F)ccc1O. The predicted molar refractivity (Wildman–Crippen MR) is 92.4 cm³/mol. The van der Waals surface area contributed by atoms with E-state index >= 15 is 0 Å². The third-order valence-electron chi connectivity index (χ3n) is 3.94. The summed E-state index contributed by atoms with van der Waals surface area (Å²) in [5, 5.41) is 18.5. The largest absolute Gasteiger partial charge is 0.504 e. The van der Waals surface area contributed by atoms with Crippen LogP contribution in [0.25, 0.3) is 0 Å². The number of benzene rings is 2.